The number of hydrogen-bond donors (Lipinski definition) is 1. The molecule has 0 bridgehead atoms. The van der Waals surface area contributed by atoms with E-state index >= 15 is 0 Å². The zero-order valence-electron chi connectivity index (χ0n) is 23.9. The van der Waals surface area contributed by atoms with Gasteiger partial charge < -0.3 is 24.5 Å². The molecular weight excluding hydrogens is 537 g/mol. The number of aromatic nitrogens is 2. The third-order valence-electron chi connectivity index (χ3n) is 5.85. The van der Waals surface area contributed by atoms with E-state index in [1.807, 2.05) is 0 Å². The number of nitrogens with zero attached hydrogens (tertiary/aromatic N) is 4. The predicted octanol–water partition coefficient (Wildman–Crippen LogP) is 3.04. The number of aryl methyl sites for hydroxylation is 1. The fraction of sp³-hybridized carbons (Fsp3) is 0.500. The molecule has 0 radical (unpaired) electrons. The van der Waals surface area contributed by atoms with Crippen LogP contribution in [0.25, 0.3) is 11.4 Å². The van der Waals surface area contributed by atoms with Crippen molar-refractivity contribution < 1.29 is 37.9 Å². The van der Waals surface area contributed by atoms with Gasteiger partial charge in [-0.1, -0.05) is 12.1 Å². The van der Waals surface area contributed by atoms with Crippen molar-refractivity contribution in [2.75, 3.05) is 32.8 Å². The number of hydroxylamine groups is 2. The van der Waals surface area contributed by atoms with E-state index < -0.39 is 41.4 Å². The van der Waals surface area contributed by atoms with Crippen LogP contribution in [0.2, 0.25) is 0 Å². The lowest BCUT2D eigenvalue weighted by Gasteiger charge is -2.35. The van der Waals surface area contributed by atoms with Gasteiger partial charge in [0.1, 0.15) is 23.2 Å². The molecule has 3 rings (SSSR count). The maximum atomic E-state index is 13.8. The van der Waals surface area contributed by atoms with Crippen LogP contribution in [0, 0.1) is 12.7 Å². The van der Waals surface area contributed by atoms with Crippen molar-refractivity contribution in [2.24, 2.45) is 0 Å². The average Bonchev–Trinajstić information content (AvgIpc) is 2.89. The number of nitrogens with one attached hydrogen (secondary N) is 1. The minimum atomic E-state index is -1.07. The number of hydrogen-bond acceptors (Lipinski definition) is 10. The number of esters is 1. The van der Waals surface area contributed by atoms with Gasteiger partial charge in [0, 0.05) is 30.8 Å². The Morgan fingerprint density at radius 1 is 1.07 bits per heavy atom. The lowest BCUT2D eigenvalue weighted by Crippen LogP contribution is -2.55. The van der Waals surface area contributed by atoms with Gasteiger partial charge in [0.25, 0.3) is 5.91 Å². The largest absolute Gasteiger partial charge is 0.527 e. The number of amides is 2. The highest BCUT2D eigenvalue weighted by molar-refractivity contribution is 5.96. The van der Waals surface area contributed by atoms with Crippen molar-refractivity contribution in [1.29, 1.82) is 0 Å². The normalized spacial score (nSPS) is 14.6. The fourth-order valence-electron chi connectivity index (χ4n) is 4.06. The molecule has 2 aromatic rings. The number of carbonyl (C=O) groups excluding carboxylic acids is 4. The average molecular weight is 574 g/mol. The minimum Gasteiger partial charge on any atom is -0.460 e. The Bertz CT molecular complexity index is 1260. The molecule has 0 saturated carbocycles. The van der Waals surface area contributed by atoms with Gasteiger partial charge in [-0.05, 0) is 59.2 Å². The Morgan fingerprint density at radius 2 is 1.78 bits per heavy atom. The summed E-state index contributed by atoms with van der Waals surface area (Å²) < 4.78 is 23.9. The fourth-order valence-corrected chi connectivity index (χ4v) is 4.06. The Labute approximate surface area is 238 Å². The van der Waals surface area contributed by atoms with E-state index in [4.69, 9.17) is 14.3 Å². The highest BCUT2D eigenvalue weighted by Crippen LogP contribution is 2.18. The summed E-state index contributed by atoms with van der Waals surface area (Å²) in [4.78, 5) is 66.1. The number of carbonyl (C=O) groups is 4. The molecule has 41 heavy (non-hydrogen) atoms. The summed E-state index contributed by atoms with van der Waals surface area (Å²) in [6.45, 7) is 9.62. The molecule has 222 valence electrons. The first-order chi connectivity index (χ1) is 19.3. The summed E-state index contributed by atoms with van der Waals surface area (Å²) in [6.07, 6.45) is -0.954. The standard InChI is InChI=1S/C28H36FN5O7/c1-6-39-27(38)41-34-14-12-33(13-15-34)26(37)21(10-11-23(35)40-28(3,4)5)32-25(36)22-16-18(2)30-24(31-22)19-8-7-9-20(29)17-19/h7-9,16-17,21H,6,10-15H2,1-5H3,(H,32,36)/t21-/m0/s1. The van der Waals surface area contributed by atoms with Crippen LogP contribution in [0.1, 0.15) is 56.7 Å². The molecule has 0 unspecified atom stereocenters. The van der Waals surface area contributed by atoms with Gasteiger partial charge in [-0.25, -0.2) is 19.2 Å². The lowest BCUT2D eigenvalue weighted by atomic mass is 10.1. The van der Waals surface area contributed by atoms with Crippen LogP contribution in [0.5, 0.6) is 0 Å². The van der Waals surface area contributed by atoms with Crippen LogP contribution in [0.15, 0.2) is 30.3 Å². The second-order valence-corrected chi connectivity index (χ2v) is 10.4. The molecule has 1 N–H and O–H groups in total. The zero-order valence-corrected chi connectivity index (χ0v) is 23.9. The van der Waals surface area contributed by atoms with Crippen LogP contribution in [-0.2, 0) is 23.9 Å². The van der Waals surface area contributed by atoms with Crippen LogP contribution < -0.4 is 5.32 Å². The quantitative estimate of drug-likeness (QED) is 0.445. The maximum Gasteiger partial charge on any atom is 0.527 e. The summed E-state index contributed by atoms with van der Waals surface area (Å²) in [5.41, 5.74) is 0.141. The Kier molecular flexibility index (Phi) is 10.7. The molecule has 1 aliphatic rings. The Morgan fingerprint density at radius 3 is 2.41 bits per heavy atom. The molecule has 0 spiro atoms. The molecule has 1 aromatic carbocycles. The highest BCUT2D eigenvalue weighted by atomic mass is 19.1. The van der Waals surface area contributed by atoms with Crippen molar-refractivity contribution in [3.05, 3.63) is 47.5 Å². The number of piperazine rings is 1. The summed E-state index contributed by atoms with van der Waals surface area (Å²) in [5.74, 6) is -1.89. The molecule has 1 atom stereocenters. The van der Waals surface area contributed by atoms with Crippen molar-refractivity contribution in [3.63, 3.8) is 0 Å². The molecular formula is C28H36FN5O7. The summed E-state index contributed by atoms with van der Waals surface area (Å²) >= 11 is 0. The van der Waals surface area contributed by atoms with E-state index in [-0.39, 0.29) is 57.1 Å². The molecule has 12 nitrogen and oxygen atoms in total. The smallest absolute Gasteiger partial charge is 0.460 e. The van der Waals surface area contributed by atoms with Gasteiger partial charge in [0.15, 0.2) is 5.82 Å². The van der Waals surface area contributed by atoms with E-state index in [2.05, 4.69) is 15.3 Å². The van der Waals surface area contributed by atoms with Crippen molar-refractivity contribution >= 4 is 23.9 Å². The summed E-state index contributed by atoms with van der Waals surface area (Å²) in [7, 11) is 0. The first-order valence-corrected chi connectivity index (χ1v) is 13.4. The van der Waals surface area contributed by atoms with Crippen molar-refractivity contribution in [1.82, 2.24) is 25.2 Å². The van der Waals surface area contributed by atoms with Crippen LogP contribution in [-0.4, -0.2) is 88.3 Å². The Hall–Kier alpha value is -4.13. The molecule has 1 aliphatic heterocycles. The second-order valence-electron chi connectivity index (χ2n) is 10.4. The predicted molar refractivity (Wildman–Crippen MR) is 145 cm³/mol. The van der Waals surface area contributed by atoms with E-state index in [1.165, 1.54) is 34.2 Å². The molecule has 2 heterocycles. The van der Waals surface area contributed by atoms with E-state index in [1.54, 1.807) is 40.7 Å². The number of ether oxygens (including phenoxy) is 2. The van der Waals surface area contributed by atoms with Gasteiger partial charge in [-0.3, -0.25) is 14.4 Å². The third kappa shape index (κ3) is 9.78. The van der Waals surface area contributed by atoms with Gasteiger partial charge in [-0.15, -0.1) is 5.06 Å². The molecule has 1 saturated heterocycles. The topological polar surface area (TPSA) is 140 Å². The first kappa shape index (κ1) is 31.4. The maximum absolute atomic E-state index is 13.8. The monoisotopic (exact) mass is 573 g/mol. The molecule has 1 aromatic heterocycles. The van der Waals surface area contributed by atoms with Gasteiger partial charge in [0.05, 0.1) is 19.7 Å². The third-order valence-corrected chi connectivity index (χ3v) is 5.85. The second kappa shape index (κ2) is 14.0. The minimum absolute atomic E-state index is 0.0140. The number of halogens is 1. The molecule has 0 aliphatic carbocycles. The SMILES string of the molecule is CCOC(=O)ON1CCN(C(=O)[C@H](CCC(=O)OC(C)(C)C)NC(=O)c2cc(C)nc(-c3cccc(F)c3)n2)CC1. The van der Waals surface area contributed by atoms with E-state index in [0.29, 0.717) is 11.3 Å². The van der Waals surface area contributed by atoms with E-state index in [9.17, 15) is 23.6 Å². The molecule has 1 fully saturated rings. The van der Waals surface area contributed by atoms with Gasteiger partial charge in [-0.2, -0.15) is 0 Å². The molecule has 13 heteroatoms. The van der Waals surface area contributed by atoms with E-state index in [0.717, 1.165) is 0 Å². The van der Waals surface area contributed by atoms with Gasteiger partial charge in [0.2, 0.25) is 5.91 Å². The van der Waals surface area contributed by atoms with Crippen LogP contribution in [0.3, 0.4) is 0 Å². The highest BCUT2D eigenvalue weighted by Gasteiger charge is 2.31. The summed E-state index contributed by atoms with van der Waals surface area (Å²) in [5, 5.41) is 4.10. The van der Waals surface area contributed by atoms with Crippen LogP contribution in [0.4, 0.5) is 9.18 Å². The molecule has 2 amide bonds. The number of rotatable bonds is 9. The number of benzene rings is 1. The lowest BCUT2D eigenvalue weighted by molar-refractivity contribution is -0.158. The van der Waals surface area contributed by atoms with Gasteiger partial charge >= 0.3 is 12.1 Å². The van der Waals surface area contributed by atoms with Crippen molar-refractivity contribution in [2.45, 2.75) is 59.1 Å². The van der Waals surface area contributed by atoms with Crippen LogP contribution >= 0.6 is 0 Å². The van der Waals surface area contributed by atoms with Crippen molar-refractivity contribution in [3.8, 4) is 11.4 Å². The zero-order chi connectivity index (χ0) is 30.2. The Balaban J connectivity index is 1.75. The first-order valence-electron chi connectivity index (χ1n) is 13.4. The summed E-state index contributed by atoms with van der Waals surface area (Å²) in [6, 6.07) is 6.07.